The summed E-state index contributed by atoms with van der Waals surface area (Å²) >= 11 is 6.21. The first kappa shape index (κ1) is 37.4. The molecule has 2 fully saturated rings. The molecule has 5 amide bonds. The molecule has 1 saturated heterocycles. The molecule has 3 aromatic carbocycles. The lowest BCUT2D eigenvalue weighted by Gasteiger charge is -2.63. The second-order valence-electron chi connectivity index (χ2n) is 14.9. The lowest BCUT2D eigenvalue weighted by molar-refractivity contribution is -0.164. The number of benzene rings is 3. The van der Waals surface area contributed by atoms with Crippen molar-refractivity contribution in [3.05, 3.63) is 87.9 Å². The maximum Gasteiger partial charge on any atom is 0.262 e. The maximum atomic E-state index is 13.3. The molecule has 13 heteroatoms. The van der Waals surface area contributed by atoms with Gasteiger partial charge >= 0.3 is 0 Å². The number of carbonyl (C=O) groups excluding carboxylic acids is 5. The van der Waals surface area contributed by atoms with Crippen molar-refractivity contribution in [2.75, 3.05) is 18.5 Å². The van der Waals surface area contributed by atoms with Crippen LogP contribution in [0.3, 0.4) is 0 Å². The van der Waals surface area contributed by atoms with E-state index in [1.807, 2.05) is 12.1 Å². The summed E-state index contributed by atoms with van der Waals surface area (Å²) in [6, 6.07) is 18.0. The minimum Gasteiger partial charge on any atom is -0.494 e. The Bertz CT molecular complexity index is 1990. The van der Waals surface area contributed by atoms with E-state index in [0.29, 0.717) is 34.3 Å². The molecule has 1 saturated carbocycles. The van der Waals surface area contributed by atoms with Crippen molar-refractivity contribution in [1.82, 2.24) is 15.5 Å². The minimum atomic E-state index is -1.01. The molecule has 2 aliphatic heterocycles. The van der Waals surface area contributed by atoms with E-state index >= 15 is 0 Å². The van der Waals surface area contributed by atoms with Crippen LogP contribution >= 0.6 is 11.6 Å². The molecule has 53 heavy (non-hydrogen) atoms. The lowest BCUT2D eigenvalue weighted by Crippen LogP contribution is -2.74. The number of hydrogen-bond acceptors (Lipinski definition) is 9. The molecule has 0 radical (unpaired) electrons. The fraction of sp³-hybridized carbons (Fsp3) is 0.400. The van der Waals surface area contributed by atoms with E-state index < -0.39 is 29.7 Å². The number of nitrogens with zero attached hydrogens (tertiary/aromatic N) is 2. The molecule has 12 nitrogen and oxygen atoms in total. The van der Waals surface area contributed by atoms with Crippen molar-refractivity contribution >= 4 is 46.8 Å². The smallest absolute Gasteiger partial charge is 0.262 e. The molecule has 3 aliphatic rings. The van der Waals surface area contributed by atoms with E-state index in [1.165, 1.54) is 12.1 Å². The van der Waals surface area contributed by atoms with Gasteiger partial charge in [-0.3, -0.25) is 34.2 Å². The van der Waals surface area contributed by atoms with Gasteiger partial charge in [-0.2, -0.15) is 5.26 Å². The standard InChI is InChI=1S/C40H42ClN5O7/c1-39(2)37(40(3,4)38(39)53-27-13-10-24(22-42)30(41)21-27)45-33(48)23-8-11-25(12-9-23)43-18-6-5-7-19-52-26-14-15-28-29(20-26)36(51)46(35(28)50)31-16-17-32(47)44-34(31)49/h8-15,20-21,31,37-38,43H,5-7,16-19H2,1-4H3,(H,45,48)(H,44,47,49)/t31?,37-,38-. The molecule has 1 aliphatic carbocycles. The third-order valence-electron chi connectivity index (χ3n) is 10.4. The zero-order valence-corrected chi connectivity index (χ0v) is 30.8. The second kappa shape index (κ2) is 14.9. The Morgan fingerprint density at radius 1 is 0.925 bits per heavy atom. The number of piperidine rings is 1. The average Bonchev–Trinajstić information content (AvgIpc) is 3.37. The van der Waals surface area contributed by atoms with Crippen LogP contribution in [0.25, 0.3) is 0 Å². The van der Waals surface area contributed by atoms with E-state index in [4.69, 9.17) is 26.3 Å². The van der Waals surface area contributed by atoms with Gasteiger partial charge in [-0.05, 0) is 80.3 Å². The quantitative estimate of drug-likeness (QED) is 0.143. The summed E-state index contributed by atoms with van der Waals surface area (Å²) in [5, 5.41) is 18.3. The Kier molecular flexibility index (Phi) is 10.5. The van der Waals surface area contributed by atoms with Crippen LogP contribution in [-0.4, -0.2) is 65.8 Å². The number of fused-ring (bicyclic) bond motifs is 1. The van der Waals surface area contributed by atoms with Crippen molar-refractivity contribution in [2.45, 2.75) is 78.0 Å². The number of halogens is 1. The van der Waals surface area contributed by atoms with Crippen molar-refractivity contribution in [3.8, 4) is 17.6 Å². The van der Waals surface area contributed by atoms with Gasteiger partial charge in [0.1, 0.15) is 29.7 Å². The summed E-state index contributed by atoms with van der Waals surface area (Å²) in [5.74, 6) is -1.29. The van der Waals surface area contributed by atoms with Gasteiger partial charge in [0.25, 0.3) is 17.7 Å². The van der Waals surface area contributed by atoms with Crippen LogP contribution in [-0.2, 0) is 9.59 Å². The number of amides is 5. The largest absolute Gasteiger partial charge is 0.494 e. The third kappa shape index (κ3) is 7.44. The SMILES string of the molecule is CC1(C)[C@H](NC(=O)c2ccc(NCCCCCOc3ccc4c(c3)C(=O)N(C3CCC(=O)NC3=O)C4=O)cc2)C(C)(C)[C@H]1Oc1ccc(C#N)c(Cl)c1. The van der Waals surface area contributed by atoms with Crippen molar-refractivity contribution in [2.24, 2.45) is 10.8 Å². The normalized spacial score (nSPS) is 21.2. The van der Waals surface area contributed by atoms with Gasteiger partial charge in [-0.15, -0.1) is 0 Å². The van der Waals surface area contributed by atoms with Gasteiger partial charge < -0.3 is 20.1 Å². The topological polar surface area (TPSA) is 167 Å². The Labute approximate surface area is 313 Å². The van der Waals surface area contributed by atoms with Gasteiger partial charge in [-0.25, -0.2) is 0 Å². The summed E-state index contributed by atoms with van der Waals surface area (Å²) in [6.07, 6.45) is 2.51. The van der Waals surface area contributed by atoms with Crippen LogP contribution in [0.1, 0.15) is 96.4 Å². The lowest BCUT2D eigenvalue weighted by atomic mass is 9.49. The molecule has 3 aromatic rings. The van der Waals surface area contributed by atoms with Crippen LogP contribution in [0, 0.1) is 22.2 Å². The molecule has 1 atom stereocenters. The van der Waals surface area contributed by atoms with E-state index in [1.54, 1.807) is 36.4 Å². The highest BCUT2D eigenvalue weighted by molar-refractivity contribution is 6.31. The fourth-order valence-electron chi connectivity index (χ4n) is 7.92. The predicted molar refractivity (Wildman–Crippen MR) is 197 cm³/mol. The molecule has 2 heterocycles. The molecule has 3 N–H and O–H groups in total. The van der Waals surface area contributed by atoms with E-state index in [-0.39, 0.29) is 52.9 Å². The second-order valence-corrected chi connectivity index (χ2v) is 15.3. The molecule has 276 valence electrons. The monoisotopic (exact) mass is 739 g/mol. The Morgan fingerprint density at radius 3 is 2.30 bits per heavy atom. The van der Waals surface area contributed by atoms with E-state index in [9.17, 15) is 24.0 Å². The predicted octanol–water partition coefficient (Wildman–Crippen LogP) is 5.89. The van der Waals surface area contributed by atoms with E-state index in [0.717, 1.165) is 36.4 Å². The van der Waals surface area contributed by atoms with Gasteiger partial charge in [0.05, 0.1) is 28.3 Å². The molecule has 0 spiro atoms. The minimum absolute atomic E-state index is 0.0654. The third-order valence-corrected chi connectivity index (χ3v) is 10.7. The molecular formula is C40H42ClN5O7. The number of carbonyl (C=O) groups is 5. The Hall–Kier alpha value is -5.41. The number of nitrogens with one attached hydrogen (secondary N) is 3. The summed E-state index contributed by atoms with van der Waals surface area (Å²) in [5.41, 5.74) is 1.51. The molecule has 1 unspecified atom stereocenters. The van der Waals surface area contributed by atoms with Gasteiger partial charge in [0.2, 0.25) is 11.8 Å². The molecular weight excluding hydrogens is 698 g/mol. The highest BCUT2D eigenvalue weighted by Gasteiger charge is 2.64. The Morgan fingerprint density at radius 2 is 1.62 bits per heavy atom. The summed E-state index contributed by atoms with van der Waals surface area (Å²) in [6.45, 7) is 9.42. The van der Waals surface area contributed by atoms with Gasteiger partial charge in [0.15, 0.2) is 0 Å². The average molecular weight is 740 g/mol. The highest BCUT2D eigenvalue weighted by Crippen LogP contribution is 2.55. The first-order chi connectivity index (χ1) is 25.2. The number of nitriles is 1. The van der Waals surface area contributed by atoms with Crippen LogP contribution in [0.2, 0.25) is 5.02 Å². The molecule has 0 aromatic heterocycles. The zero-order valence-electron chi connectivity index (χ0n) is 30.1. The number of unbranched alkanes of at least 4 members (excludes halogenated alkanes) is 2. The number of ether oxygens (including phenoxy) is 2. The number of hydrogen-bond donors (Lipinski definition) is 3. The summed E-state index contributed by atoms with van der Waals surface area (Å²) in [4.78, 5) is 63.9. The van der Waals surface area contributed by atoms with Crippen LogP contribution in [0.5, 0.6) is 11.5 Å². The summed E-state index contributed by atoms with van der Waals surface area (Å²) < 4.78 is 12.2. The van der Waals surface area contributed by atoms with E-state index in [2.05, 4.69) is 49.7 Å². The number of imide groups is 2. The zero-order chi connectivity index (χ0) is 38.1. The molecule has 6 rings (SSSR count). The first-order valence-electron chi connectivity index (χ1n) is 17.7. The highest BCUT2D eigenvalue weighted by atomic mass is 35.5. The molecule has 0 bridgehead atoms. The van der Waals surface area contributed by atoms with Gasteiger partial charge in [0, 0.05) is 47.2 Å². The maximum absolute atomic E-state index is 13.3. The van der Waals surface area contributed by atoms with Crippen LogP contribution in [0.4, 0.5) is 5.69 Å². The number of anilines is 1. The van der Waals surface area contributed by atoms with Gasteiger partial charge in [-0.1, -0.05) is 39.3 Å². The fourth-order valence-corrected chi connectivity index (χ4v) is 8.13. The van der Waals surface area contributed by atoms with Crippen LogP contribution in [0.15, 0.2) is 60.7 Å². The van der Waals surface area contributed by atoms with Crippen molar-refractivity contribution in [3.63, 3.8) is 0 Å². The first-order valence-corrected chi connectivity index (χ1v) is 18.1. The number of rotatable bonds is 13. The van der Waals surface area contributed by atoms with Crippen molar-refractivity contribution < 1.29 is 33.4 Å². The van der Waals surface area contributed by atoms with Crippen LogP contribution < -0.4 is 25.4 Å². The summed E-state index contributed by atoms with van der Waals surface area (Å²) in [7, 11) is 0. The van der Waals surface area contributed by atoms with Crippen molar-refractivity contribution in [1.29, 1.82) is 5.26 Å². The Balaban J connectivity index is 0.911.